The number of hydrogen-bond acceptors (Lipinski definition) is 4. The predicted octanol–water partition coefficient (Wildman–Crippen LogP) is 3.36. The Morgan fingerprint density at radius 2 is 1.75 bits per heavy atom. The Morgan fingerprint density at radius 1 is 1.17 bits per heavy atom. The van der Waals surface area contributed by atoms with Gasteiger partial charge in [0.2, 0.25) is 0 Å². The molecule has 1 aromatic carbocycles. The van der Waals surface area contributed by atoms with Crippen molar-refractivity contribution in [1.82, 2.24) is 5.48 Å². The van der Waals surface area contributed by atoms with Gasteiger partial charge in [-0.25, -0.2) is 5.48 Å². The van der Waals surface area contributed by atoms with E-state index in [-0.39, 0.29) is 11.7 Å². The second-order valence-corrected chi connectivity index (χ2v) is 5.59. The summed E-state index contributed by atoms with van der Waals surface area (Å²) in [5, 5.41) is 8.44. The molecule has 1 aromatic rings. The highest BCUT2D eigenvalue weighted by Gasteiger charge is 2.13. The number of amides is 1. The van der Waals surface area contributed by atoms with Crippen LogP contribution in [0.5, 0.6) is 0 Å². The van der Waals surface area contributed by atoms with E-state index in [4.69, 9.17) is 5.21 Å². The Labute approximate surface area is 143 Å². The van der Waals surface area contributed by atoms with Crippen LogP contribution >= 0.6 is 0 Å². The number of nitrogens with zero attached hydrogens (tertiary/aromatic N) is 1. The Morgan fingerprint density at radius 3 is 2.25 bits per heavy atom. The summed E-state index contributed by atoms with van der Waals surface area (Å²) in [6.45, 7) is 9.68. The number of carbonyl (C=O) groups excluding carboxylic acids is 2. The number of nitrogens with one attached hydrogen (secondary N) is 1. The highest BCUT2D eigenvalue weighted by molar-refractivity contribution is 5.99. The van der Waals surface area contributed by atoms with Crippen molar-refractivity contribution in [2.24, 2.45) is 5.92 Å². The third-order valence-electron chi connectivity index (χ3n) is 3.81. The van der Waals surface area contributed by atoms with Gasteiger partial charge in [0, 0.05) is 36.3 Å². The lowest BCUT2D eigenvalue weighted by Gasteiger charge is -2.21. The maximum Gasteiger partial charge on any atom is 0.267 e. The SMILES string of the molecule is CCN(CC)c1ccc(C(=O)C(C)/C=C(C)/C=C/C(=O)NO)cc1. The molecule has 130 valence electrons. The minimum atomic E-state index is -0.603. The molecular weight excluding hydrogens is 304 g/mol. The molecule has 0 aliphatic rings. The van der Waals surface area contributed by atoms with E-state index >= 15 is 0 Å². The molecule has 0 aliphatic heterocycles. The van der Waals surface area contributed by atoms with E-state index in [9.17, 15) is 9.59 Å². The van der Waals surface area contributed by atoms with Crippen molar-refractivity contribution in [3.05, 3.63) is 53.6 Å². The van der Waals surface area contributed by atoms with Crippen LogP contribution in [-0.2, 0) is 4.79 Å². The van der Waals surface area contributed by atoms with E-state index in [1.165, 1.54) is 11.6 Å². The summed E-state index contributed by atoms with van der Waals surface area (Å²) < 4.78 is 0. The lowest BCUT2D eigenvalue weighted by Crippen LogP contribution is -2.21. The van der Waals surface area contributed by atoms with Gasteiger partial charge in [0.1, 0.15) is 0 Å². The van der Waals surface area contributed by atoms with Crippen LogP contribution < -0.4 is 10.4 Å². The monoisotopic (exact) mass is 330 g/mol. The molecule has 1 atom stereocenters. The number of Topliss-reactive ketones (excluding diaryl/α,β-unsaturated/α-hetero) is 1. The first-order chi connectivity index (χ1) is 11.4. The lowest BCUT2D eigenvalue weighted by atomic mass is 9.97. The third kappa shape index (κ3) is 5.66. The molecule has 2 N–H and O–H groups in total. The molecule has 0 saturated carbocycles. The second kappa shape index (κ2) is 9.67. The first-order valence-corrected chi connectivity index (χ1v) is 8.12. The minimum Gasteiger partial charge on any atom is -0.372 e. The number of ketones is 1. The topological polar surface area (TPSA) is 69.6 Å². The maximum atomic E-state index is 12.5. The first-order valence-electron chi connectivity index (χ1n) is 8.12. The van der Waals surface area contributed by atoms with Gasteiger partial charge in [-0.3, -0.25) is 14.8 Å². The van der Waals surface area contributed by atoms with Gasteiger partial charge in [-0.1, -0.05) is 24.6 Å². The van der Waals surface area contributed by atoms with Crippen molar-refractivity contribution in [2.75, 3.05) is 18.0 Å². The van der Waals surface area contributed by atoms with E-state index < -0.39 is 5.91 Å². The predicted molar refractivity (Wildman–Crippen MR) is 96.3 cm³/mol. The summed E-state index contributed by atoms with van der Waals surface area (Å²) in [7, 11) is 0. The molecule has 1 rings (SSSR count). The Balaban J connectivity index is 2.82. The zero-order valence-electron chi connectivity index (χ0n) is 14.7. The van der Waals surface area contributed by atoms with Crippen LogP contribution in [0.25, 0.3) is 0 Å². The minimum absolute atomic E-state index is 0.0282. The molecule has 1 unspecified atom stereocenters. The lowest BCUT2D eigenvalue weighted by molar-refractivity contribution is -0.124. The number of allylic oxidation sites excluding steroid dienone is 3. The van der Waals surface area contributed by atoms with Gasteiger partial charge in [0.05, 0.1) is 0 Å². The molecule has 0 spiro atoms. The van der Waals surface area contributed by atoms with Crippen molar-refractivity contribution in [1.29, 1.82) is 0 Å². The zero-order chi connectivity index (χ0) is 18.1. The average molecular weight is 330 g/mol. The normalized spacial score (nSPS) is 13.0. The Kier molecular flexibility index (Phi) is 7.92. The van der Waals surface area contributed by atoms with E-state index in [2.05, 4.69) is 18.7 Å². The number of rotatable bonds is 8. The molecule has 1 amide bonds. The molecule has 5 heteroatoms. The van der Waals surface area contributed by atoms with Gasteiger partial charge >= 0.3 is 0 Å². The summed E-state index contributed by atoms with van der Waals surface area (Å²) in [6.07, 6.45) is 4.56. The van der Waals surface area contributed by atoms with Crippen LogP contribution in [0.2, 0.25) is 0 Å². The van der Waals surface area contributed by atoms with Crippen LogP contribution in [0, 0.1) is 5.92 Å². The average Bonchev–Trinajstić information content (AvgIpc) is 2.60. The fourth-order valence-electron chi connectivity index (χ4n) is 2.46. The summed E-state index contributed by atoms with van der Waals surface area (Å²) in [5.74, 6) is -0.875. The summed E-state index contributed by atoms with van der Waals surface area (Å²) in [5.41, 5.74) is 4.07. The van der Waals surface area contributed by atoms with Gasteiger partial charge in [-0.2, -0.15) is 0 Å². The Bertz CT molecular complexity index is 614. The van der Waals surface area contributed by atoms with Crippen molar-refractivity contribution < 1.29 is 14.8 Å². The van der Waals surface area contributed by atoms with E-state index in [1.807, 2.05) is 31.2 Å². The van der Waals surface area contributed by atoms with E-state index in [0.717, 1.165) is 24.4 Å². The summed E-state index contributed by atoms with van der Waals surface area (Å²) in [4.78, 5) is 25.7. The van der Waals surface area contributed by atoms with Gasteiger partial charge in [-0.05, 0) is 45.0 Å². The van der Waals surface area contributed by atoms with Crippen LogP contribution in [0.3, 0.4) is 0 Å². The van der Waals surface area contributed by atoms with Crippen LogP contribution in [0.1, 0.15) is 38.1 Å². The summed E-state index contributed by atoms with van der Waals surface area (Å²) >= 11 is 0. The molecule has 0 radical (unpaired) electrons. The molecule has 0 bridgehead atoms. The highest BCUT2D eigenvalue weighted by atomic mass is 16.5. The van der Waals surface area contributed by atoms with Crippen molar-refractivity contribution >= 4 is 17.4 Å². The molecule has 0 heterocycles. The molecule has 0 fully saturated rings. The van der Waals surface area contributed by atoms with Gasteiger partial charge in [0.25, 0.3) is 5.91 Å². The van der Waals surface area contributed by atoms with E-state index in [0.29, 0.717) is 5.56 Å². The number of anilines is 1. The molecule has 0 aliphatic carbocycles. The maximum absolute atomic E-state index is 12.5. The fourth-order valence-corrected chi connectivity index (χ4v) is 2.46. The third-order valence-corrected chi connectivity index (χ3v) is 3.81. The molecule has 5 nitrogen and oxygen atoms in total. The highest BCUT2D eigenvalue weighted by Crippen LogP contribution is 2.18. The first kappa shape index (κ1) is 19.6. The van der Waals surface area contributed by atoms with Gasteiger partial charge in [-0.15, -0.1) is 0 Å². The van der Waals surface area contributed by atoms with Gasteiger partial charge in [0.15, 0.2) is 5.78 Å². The Hall–Kier alpha value is -2.40. The van der Waals surface area contributed by atoms with Crippen molar-refractivity contribution in [2.45, 2.75) is 27.7 Å². The van der Waals surface area contributed by atoms with Crippen LogP contribution in [0.4, 0.5) is 5.69 Å². The number of hydroxylamine groups is 1. The quantitative estimate of drug-likeness (QED) is 0.252. The molecule has 0 saturated heterocycles. The van der Waals surface area contributed by atoms with Gasteiger partial charge < -0.3 is 4.90 Å². The number of hydrogen-bond donors (Lipinski definition) is 2. The fraction of sp³-hybridized carbons (Fsp3) is 0.368. The van der Waals surface area contributed by atoms with Crippen molar-refractivity contribution in [3.8, 4) is 0 Å². The summed E-state index contributed by atoms with van der Waals surface area (Å²) in [6, 6.07) is 7.64. The molecule has 0 aromatic heterocycles. The number of benzene rings is 1. The zero-order valence-corrected chi connectivity index (χ0v) is 14.7. The van der Waals surface area contributed by atoms with Crippen LogP contribution in [-0.4, -0.2) is 30.0 Å². The smallest absolute Gasteiger partial charge is 0.267 e. The van der Waals surface area contributed by atoms with Crippen molar-refractivity contribution in [3.63, 3.8) is 0 Å². The standard InChI is InChI=1S/C19H26N2O3/c1-5-21(6-2)17-10-8-16(9-11-17)19(23)15(4)13-14(3)7-12-18(22)20-24/h7-13,15,24H,5-6H2,1-4H3,(H,20,22)/b12-7+,14-13+. The largest absolute Gasteiger partial charge is 0.372 e. The van der Waals surface area contributed by atoms with E-state index in [1.54, 1.807) is 19.1 Å². The number of carbonyl (C=O) groups is 2. The molecular formula is C19H26N2O3. The second-order valence-electron chi connectivity index (χ2n) is 5.59. The molecule has 24 heavy (non-hydrogen) atoms. The van der Waals surface area contributed by atoms with Crippen LogP contribution in [0.15, 0.2) is 48.1 Å².